The van der Waals surface area contributed by atoms with Crippen LogP contribution >= 0.6 is 0 Å². The molecule has 7 rings (SSSR count). The molecule has 0 saturated heterocycles. The third-order valence-electron chi connectivity index (χ3n) is 8.88. The summed E-state index contributed by atoms with van der Waals surface area (Å²) in [5, 5.41) is 4.90. The van der Waals surface area contributed by atoms with Crippen molar-refractivity contribution >= 4 is 43.7 Å². The van der Waals surface area contributed by atoms with Crippen molar-refractivity contribution < 1.29 is 9.13 Å². The van der Waals surface area contributed by atoms with E-state index in [2.05, 4.69) is 95.9 Å². The lowest BCUT2D eigenvalue weighted by Gasteiger charge is -2.33. The van der Waals surface area contributed by atoms with E-state index in [1.54, 1.807) is 0 Å². The first-order valence-electron chi connectivity index (χ1n) is 13.4. The van der Waals surface area contributed by atoms with Gasteiger partial charge >= 0.3 is 0 Å². The van der Waals surface area contributed by atoms with Gasteiger partial charge in [0.25, 0.3) is 0 Å². The molecule has 1 aliphatic heterocycles. The fourth-order valence-electron chi connectivity index (χ4n) is 6.93. The third kappa shape index (κ3) is 3.19. The zero-order valence-electron chi connectivity index (χ0n) is 21.6. The summed E-state index contributed by atoms with van der Waals surface area (Å²) in [6.07, 6.45) is 14.5. The minimum absolute atomic E-state index is 0.0833. The number of fused-ring (bicyclic) bond motifs is 3. The van der Waals surface area contributed by atoms with Crippen molar-refractivity contribution in [2.45, 2.75) is 51.0 Å². The lowest BCUT2D eigenvalue weighted by Crippen LogP contribution is -2.43. The van der Waals surface area contributed by atoms with Crippen LogP contribution in [0.3, 0.4) is 0 Å². The Kier molecular flexibility index (Phi) is 4.97. The summed E-state index contributed by atoms with van der Waals surface area (Å²) in [4.78, 5) is 14.2. The summed E-state index contributed by atoms with van der Waals surface area (Å²) in [6.45, 7) is 4.71. The molecule has 6 heterocycles. The van der Waals surface area contributed by atoms with Crippen LogP contribution in [0.15, 0.2) is 79.5 Å². The molecule has 0 N–H and O–H groups in total. The Morgan fingerprint density at radius 1 is 0.838 bits per heavy atom. The molecular weight excluding hydrogens is 454 g/mol. The van der Waals surface area contributed by atoms with Crippen LogP contribution in [-0.2, 0) is 18.9 Å². The molecule has 5 heteroatoms. The van der Waals surface area contributed by atoms with Gasteiger partial charge < -0.3 is 0 Å². The van der Waals surface area contributed by atoms with Gasteiger partial charge in [-0.05, 0) is 60.4 Å². The van der Waals surface area contributed by atoms with E-state index in [4.69, 9.17) is 9.97 Å². The van der Waals surface area contributed by atoms with Crippen LogP contribution in [0, 0.1) is 0 Å². The van der Waals surface area contributed by atoms with Crippen LogP contribution in [0.25, 0.3) is 43.7 Å². The molecule has 0 saturated carbocycles. The van der Waals surface area contributed by atoms with Crippen LogP contribution < -0.4 is 9.13 Å². The minimum Gasteiger partial charge on any atom is -0.256 e. The average Bonchev–Trinajstić information content (AvgIpc) is 3.06. The zero-order valence-corrected chi connectivity index (χ0v) is 21.6. The van der Waals surface area contributed by atoms with E-state index in [-0.39, 0.29) is 11.5 Å². The second kappa shape index (κ2) is 8.27. The molecule has 1 atom stereocenters. The van der Waals surface area contributed by atoms with Gasteiger partial charge in [-0.25, -0.2) is 14.5 Å². The highest BCUT2D eigenvalue weighted by Crippen LogP contribution is 2.45. The summed E-state index contributed by atoms with van der Waals surface area (Å²) < 4.78 is 4.75. The normalized spacial score (nSPS) is 16.7. The molecule has 5 nitrogen and oxygen atoms in total. The van der Waals surface area contributed by atoms with Crippen molar-refractivity contribution in [1.82, 2.24) is 15.0 Å². The highest BCUT2D eigenvalue weighted by atomic mass is 15.0. The Bertz CT molecular complexity index is 1840. The molecule has 6 aromatic rings. The van der Waals surface area contributed by atoms with Gasteiger partial charge in [-0.15, -0.1) is 0 Å². The predicted octanol–water partition coefficient (Wildman–Crippen LogP) is 5.84. The second-order valence-electron chi connectivity index (χ2n) is 10.6. The van der Waals surface area contributed by atoms with Gasteiger partial charge in [-0.3, -0.25) is 4.98 Å². The van der Waals surface area contributed by atoms with E-state index in [0.29, 0.717) is 0 Å². The second-order valence-corrected chi connectivity index (χ2v) is 10.6. The van der Waals surface area contributed by atoms with Gasteiger partial charge in [0.05, 0.1) is 21.7 Å². The molecular formula is C32H31N5+2. The largest absolute Gasteiger partial charge is 0.256 e. The van der Waals surface area contributed by atoms with E-state index in [1.165, 1.54) is 32.9 Å². The highest BCUT2D eigenvalue weighted by Gasteiger charge is 2.41. The van der Waals surface area contributed by atoms with E-state index in [0.717, 1.165) is 47.6 Å². The Morgan fingerprint density at radius 2 is 1.65 bits per heavy atom. The number of rotatable bonds is 4. The van der Waals surface area contributed by atoms with Crippen LogP contribution in [0.5, 0.6) is 0 Å². The van der Waals surface area contributed by atoms with Crippen LogP contribution in [0.4, 0.5) is 0 Å². The van der Waals surface area contributed by atoms with Crippen molar-refractivity contribution in [3.05, 3.63) is 90.6 Å². The summed E-state index contributed by atoms with van der Waals surface area (Å²) in [7, 11) is 2.11. The van der Waals surface area contributed by atoms with Gasteiger partial charge in [0, 0.05) is 54.4 Å². The molecule has 0 fully saturated rings. The number of nitrogens with zero attached hydrogens (tertiary/aromatic N) is 5. The molecule has 5 aromatic heterocycles. The standard InChI is InChI=1S/C32H31N5/c1-4-32(5-2)19-24(37-17-7-8-21-10-11-26-28(30(21)37)25(32)13-15-33-26)18-22-12-14-34-31-27(22)29-23(20-35-31)9-6-16-36(29)3/h6-17,20,24H,4-5,18-19H2,1-3H3/q+2. The summed E-state index contributed by atoms with van der Waals surface area (Å²) in [5.41, 5.74) is 7.25. The summed E-state index contributed by atoms with van der Waals surface area (Å²) in [6, 6.07) is 17.9. The van der Waals surface area contributed by atoms with Crippen molar-refractivity contribution in [2.75, 3.05) is 0 Å². The Morgan fingerprint density at radius 3 is 2.51 bits per heavy atom. The van der Waals surface area contributed by atoms with Gasteiger partial charge in [-0.2, -0.15) is 4.57 Å². The molecule has 1 unspecified atom stereocenters. The highest BCUT2D eigenvalue weighted by molar-refractivity contribution is 6.04. The third-order valence-corrected chi connectivity index (χ3v) is 8.88. The zero-order chi connectivity index (χ0) is 25.1. The van der Waals surface area contributed by atoms with Crippen molar-refractivity contribution in [2.24, 2.45) is 7.05 Å². The van der Waals surface area contributed by atoms with Crippen molar-refractivity contribution in [1.29, 1.82) is 0 Å². The number of benzene rings is 1. The van der Waals surface area contributed by atoms with E-state index in [1.807, 2.05) is 18.6 Å². The number of aryl methyl sites for hydroxylation is 1. The number of aromatic nitrogens is 5. The quantitative estimate of drug-likeness (QED) is 0.233. The topological polar surface area (TPSA) is 46.4 Å². The van der Waals surface area contributed by atoms with Crippen molar-refractivity contribution in [3.63, 3.8) is 0 Å². The Hall–Kier alpha value is -3.99. The maximum absolute atomic E-state index is 4.80. The molecule has 37 heavy (non-hydrogen) atoms. The smallest absolute Gasteiger partial charge is 0.225 e. The lowest BCUT2D eigenvalue weighted by atomic mass is 9.70. The molecule has 0 radical (unpaired) electrons. The maximum Gasteiger partial charge on any atom is 0.225 e. The first kappa shape index (κ1) is 22.2. The fraction of sp³-hybridized carbons (Fsp3) is 0.281. The average molecular weight is 486 g/mol. The van der Waals surface area contributed by atoms with Crippen LogP contribution in [0.2, 0.25) is 0 Å². The van der Waals surface area contributed by atoms with E-state index in [9.17, 15) is 0 Å². The van der Waals surface area contributed by atoms with Crippen LogP contribution in [0.1, 0.15) is 50.3 Å². The molecule has 0 amide bonds. The lowest BCUT2D eigenvalue weighted by molar-refractivity contribution is -0.699. The number of hydrogen-bond donors (Lipinski definition) is 0. The van der Waals surface area contributed by atoms with E-state index >= 15 is 0 Å². The molecule has 0 bridgehead atoms. The Balaban J connectivity index is 1.52. The van der Waals surface area contributed by atoms with Gasteiger partial charge in [-0.1, -0.05) is 13.8 Å². The summed E-state index contributed by atoms with van der Waals surface area (Å²) >= 11 is 0. The first-order chi connectivity index (χ1) is 18.1. The predicted molar refractivity (Wildman–Crippen MR) is 147 cm³/mol. The number of hydrogen-bond acceptors (Lipinski definition) is 3. The van der Waals surface area contributed by atoms with Crippen molar-refractivity contribution in [3.8, 4) is 0 Å². The Labute approximate surface area is 216 Å². The monoisotopic (exact) mass is 485 g/mol. The number of pyridine rings is 5. The first-order valence-corrected chi connectivity index (χ1v) is 13.4. The molecule has 0 spiro atoms. The maximum atomic E-state index is 4.80. The minimum atomic E-state index is 0.0833. The summed E-state index contributed by atoms with van der Waals surface area (Å²) in [5.74, 6) is 0. The fourth-order valence-corrected chi connectivity index (χ4v) is 6.93. The molecule has 1 aliphatic rings. The van der Waals surface area contributed by atoms with E-state index < -0.39 is 0 Å². The van der Waals surface area contributed by atoms with Gasteiger partial charge in [0.2, 0.25) is 11.0 Å². The SMILES string of the molecule is CCC1(CC)CC(Cc2ccnc3ncc4ccc[n+](C)c4c23)[n+]2cccc3ccc4nccc1c4c32. The molecule has 182 valence electrons. The molecule has 0 aliphatic carbocycles. The van der Waals surface area contributed by atoms with Gasteiger partial charge in [0.1, 0.15) is 7.05 Å². The molecule has 1 aromatic carbocycles. The van der Waals surface area contributed by atoms with Crippen LogP contribution in [-0.4, -0.2) is 15.0 Å². The van der Waals surface area contributed by atoms with Gasteiger partial charge in [0.15, 0.2) is 24.1 Å².